The number of ketones is 1. The summed E-state index contributed by atoms with van der Waals surface area (Å²) >= 11 is 1.68. The summed E-state index contributed by atoms with van der Waals surface area (Å²) in [6.07, 6.45) is 0.790. The predicted molar refractivity (Wildman–Crippen MR) is 89.6 cm³/mol. The number of Topliss-reactive ketones (excluding diaryl/α,β-unsaturated/α-hetero) is 1. The molecule has 0 saturated carbocycles. The van der Waals surface area contributed by atoms with Crippen LogP contribution < -0.4 is 5.32 Å². The molecular formula is C17H19N3OS. The number of anilines is 1. The molecule has 1 aromatic carbocycles. The molecule has 0 amide bonds. The molecule has 0 spiro atoms. The van der Waals surface area contributed by atoms with Crippen LogP contribution in [0.15, 0.2) is 23.6 Å². The van der Waals surface area contributed by atoms with Gasteiger partial charge < -0.3 is 5.32 Å². The molecule has 4 nitrogen and oxygen atoms in total. The van der Waals surface area contributed by atoms with Crippen LogP contribution in [0.5, 0.6) is 0 Å². The third-order valence-electron chi connectivity index (χ3n) is 3.31. The number of thiazole rings is 1. The van der Waals surface area contributed by atoms with E-state index >= 15 is 0 Å². The zero-order valence-corrected chi connectivity index (χ0v) is 13.8. The van der Waals surface area contributed by atoms with E-state index in [1.54, 1.807) is 29.5 Å². The standard InChI is InChI=1S/C17H19N3OS/c1-11(2)17-20-15(10-22-17)6-7-19-16-8-13(12(3)21)4-5-14(16)9-18/h4-5,8,10-11,19H,6-7H2,1-3H3. The van der Waals surface area contributed by atoms with Crippen LogP contribution in [0.25, 0.3) is 0 Å². The maximum atomic E-state index is 11.4. The van der Waals surface area contributed by atoms with Crippen LogP contribution in [-0.4, -0.2) is 17.3 Å². The van der Waals surface area contributed by atoms with E-state index in [4.69, 9.17) is 5.26 Å². The van der Waals surface area contributed by atoms with Crippen LogP contribution in [-0.2, 0) is 6.42 Å². The molecule has 0 fully saturated rings. The van der Waals surface area contributed by atoms with Crippen molar-refractivity contribution >= 4 is 22.8 Å². The van der Waals surface area contributed by atoms with E-state index in [0.29, 0.717) is 29.3 Å². The highest BCUT2D eigenvalue weighted by Crippen LogP contribution is 2.20. The maximum absolute atomic E-state index is 11.4. The van der Waals surface area contributed by atoms with E-state index in [2.05, 4.69) is 35.6 Å². The molecule has 5 heteroatoms. The minimum Gasteiger partial charge on any atom is -0.384 e. The Balaban J connectivity index is 2.02. The van der Waals surface area contributed by atoms with Crippen LogP contribution in [0.3, 0.4) is 0 Å². The van der Waals surface area contributed by atoms with Crippen molar-refractivity contribution in [3.05, 3.63) is 45.4 Å². The molecule has 114 valence electrons. The quantitative estimate of drug-likeness (QED) is 0.819. The number of nitrogens with one attached hydrogen (secondary N) is 1. The summed E-state index contributed by atoms with van der Waals surface area (Å²) in [6, 6.07) is 7.24. The predicted octanol–water partition coefficient (Wildman–Crippen LogP) is 4.00. The summed E-state index contributed by atoms with van der Waals surface area (Å²) in [5.41, 5.74) is 2.92. The highest BCUT2D eigenvalue weighted by molar-refractivity contribution is 7.09. The van der Waals surface area contributed by atoms with E-state index in [0.717, 1.165) is 17.1 Å². The topological polar surface area (TPSA) is 65.8 Å². The van der Waals surface area contributed by atoms with Gasteiger partial charge in [-0.2, -0.15) is 5.26 Å². The van der Waals surface area contributed by atoms with E-state index in [9.17, 15) is 4.79 Å². The van der Waals surface area contributed by atoms with Gasteiger partial charge in [-0.1, -0.05) is 13.8 Å². The first-order valence-corrected chi connectivity index (χ1v) is 8.12. The molecular weight excluding hydrogens is 294 g/mol. The minimum absolute atomic E-state index is 0.00591. The van der Waals surface area contributed by atoms with Crippen molar-refractivity contribution in [1.29, 1.82) is 5.26 Å². The fourth-order valence-corrected chi connectivity index (χ4v) is 2.90. The molecule has 0 bridgehead atoms. The second kappa shape index (κ2) is 7.19. The van der Waals surface area contributed by atoms with E-state index in [1.165, 1.54) is 6.92 Å². The average Bonchev–Trinajstić information content (AvgIpc) is 2.96. The van der Waals surface area contributed by atoms with Gasteiger partial charge >= 0.3 is 0 Å². The third-order valence-corrected chi connectivity index (χ3v) is 4.50. The Hall–Kier alpha value is -2.19. The van der Waals surface area contributed by atoms with Crippen LogP contribution in [0, 0.1) is 11.3 Å². The van der Waals surface area contributed by atoms with Gasteiger partial charge in [-0.05, 0) is 25.1 Å². The van der Waals surface area contributed by atoms with Crippen molar-refractivity contribution in [2.45, 2.75) is 33.1 Å². The number of nitriles is 1. The van der Waals surface area contributed by atoms with Gasteiger partial charge in [0.05, 0.1) is 22.0 Å². The fourth-order valence-electron chi connectivity index (χ4n) is 2.03. The first-order chi connectivity index (χ1) is 10.5. The number of carbonyl (C=O) groups excluding carboxylic acids is 1. The summed E-state index contributed by atoms with van der Waals surface area (Å²) < 4.78 is 0. The van der Waals surface area contributed by atoms with Gasteiger partial charge in [0.1, 0.15) is 6.07 Å². The van der Waals surface area contributed by atoms with Gasteiger partial charge in [-0.15, -0.1) is 11.3 Å². The van der Waals surface area contributed by atoms with Crippen LogP contribution >= 0.6 is 11.3 Å². The second-order valence-electron chi connectivity index (χ2n) is 5.44. The minimum atomic E-state index is -0.00591. The molecule has 22 heavy (non-hydrogen) atoms. The van der Waals surface area contributed by atoms with Gasteiger partial charge in [0.2, 0.25) is 0 Å². The normalized spacial score (nSPS) is 10.5. The van der Waals surface area contributed by atoms with Gasteiger partial charge in [-0.25, -0.2) is 4.98 Å². The Morgan fingerprint density at radius 3 is 2.82 bits per heavy atom. The number of rotatable bonds is 6. The molecule has 1 N–H and O–H groups in total. The summed E-state index contributed by atoms with van der Waals surface area (Å²) in [7, 11) is 0. The van der Waals surface area contributed by atoms with Crippen LogP contribution in [0.4, 0.5) is 5.69 Å². The first kappa shape index (κ1) is 16.2. The number of benzene rings is 1. The molecule has 0 aliphatic carbocycles. The fraction of sp³-hybridized carbons (Fsp3) is 0.353. The van der Waals surface area contributed by atoms with Gasteiger partial charge in [0.15, 0.2) is 5.78 Å². The lowest BCUT2D eigenvalue weighted by Gasteiger charge is -2.08. The zero-order valence-electron chi connectivity index (χ0n) is 13.0. The summed E-state index contributed by atoms with van der Waals surface area (Å²) in [5, 5.41) is 15.6. The Morgan fingerprint density at radius 1 is 1.45 bits per heavy atom. The van der Waals surface area contributed by atoms with Crippen molar-refractivity contribution in [3.63, 3.8) is 0 Å². The van der Waals surface area contributed by atoms with Crippen molar-refractivity contribution in [3.8, 4) is 6.07 Å². The molecule has 0 radical (unpaired) electrons. The molecule has 0 unspecified atom stereocenters. The zero-order chi connectivity index (χ0) is 16.1. The van der Waals surface area contributed by atoms with Crippen LogP contribution in [0.2, 0.25) is 0 Å². The molecule has 0 atom stereocenters. The number of hydrogen-bond donors (Lipinski definition) is 1. The SMILES string of the molecule is CC(=O)c1ccc(C#N)c(NCCc2csc(C(C)C)n2)c1. The van der Waals surface area contributed by atoms with E-state index in [-0.39, 0.29) is 5.78 Å². The van der Waals surface area contributed by atoms with Crippen molar-refractivity contribution in [2.75, 3.05) is 11.9 Å². The molecule has 1 aromatic heterocycles. The van der Waals surface area contributed by atoms with Gasteiger partial charge in [-0.3, -0.25) is 4.79 Å². The van der Waals surface area contributed by atoms with Gasteiger partial charge in [0.25, 0.3) is 0 Å². The van der Waals surface area contributed by atoms with Gasteiger partial charge in [0, 0.05) is 29.8 Å². The van der Waals surface area contributed by atoms with E-state index in [1.807, 2.05) is 0 Å². The smallest absolute Gasteiger partial charge is 0.159 e. The molecule has 0 aliphatic rings. The average molecular weight is 313 g/mol. The van der Waals surface area contributed by atoms with Crippen LogP contribution in [0.1, 0.15) is 53.3 Å². The summed E-state index contributed by atoms with van der Waals surface area (Å²) in [5.74, 6) is 0.442. The molecule has 0 aliphatic heterocycles. The highest BCUT2D eigenvalue weighted by atomic mass is 32.1. The Bertz CT molecular complexity index is 713. The maximum Gasteiger partial charge on any atom is 0.159 e. The lowest BCUT2D eigenvalue weighted by Crippen LogP contribution is -2.07. The first-order valence-electron chi connectivity index (χ1n) is 7.24. The molecule has 2 rings (SSSR count). The highest BCUT2D eigenvalue weighted by Gasteiger charge is 2.08. The summed E-state index contributed by atoms with van der Waals surface area (Å²) in [4.78, 5) is 16.0. The van der Waals surface area contributed by atoms with Crippen molar-refractivity contribution in [1.82, 2.24) is 4.98 Å². The van der Waals surface area contributed by atoms with Crippen molar-refractivity contribution in [2.24, 2.45) is 0 Å². The molecule has 1 heterocycles. The Kier molecular flexibility index (Phi) is 5.29. The number of aromatic nitrogens is 1. The van der Waals surface area contributed by atoms with E-state index < -0.39 is 0 Å². The number of carbonyl (C=O) groups is 1. The molecule has 0 saturated heterocycles. The molecule has 2 aromatic rings. The lowest BCUT2D eigenvalue weighted by atomic mass is 10.1. The third kappa shape index (κ3) is 3.92. The number of nitrogens with zero attached hydrogens (tertiary/aromatic N) is 2. The Morgan fingerprint density at radius 2 is 2.23 bits per heavy atom. The monoisotopic (exact) mass is 313 g/mol. The summed E-state index contributed by atoms with van der Waals surface area (Å²) in [6.45, 7) is 6.46. The largest absolute Gasteiger partial charge is 0.384 e. The Labute approximate surface area is 134 Å². The lowest BCUT2D eigenvalue weighted by molar-refractivity contribution is 0.101. The number of hydrogen-bond acceptors (Lipinski definition) is 5. The van der Waals surface area contributed by atoms with Crippen molar-refractivity contribution < 1.29 is 4.79 Å². The second-order valence-corrected chi connectivity index (χ2v) is 6.33.